The molecular weight excluding hydrogens is 424 g/mol. The Kier molecular flexibility index (Phi) is 7.17. The zero-order chi connectivity index (χ0) is 24.1. The van der Waals surface area contributed by atoms with Crippen molar-refractivity contribution in [3.63, 3.8) is 0 Å². The lowest BCUT2D eigenvalue weighted by molar-refractivity contribution is -0.146. The summed E-state index contributed by atoms with van der Waals surface area (Å²) in [5.74, 6) is -1.01. The number of esters is 1. The standard InChI is InChI=1S/C23H26N6O4/c1-13-6-14(2)8-18(7-13)22(32)24-11-21(31)33-12-20(30)27-19-10-17(5)28-29(19)23-25-15(3)9-16(4)26-23/h6-10H,11-12H2,1-5H3,(H,24,32)(H,27,30). The van der Waals surface area contributed by atoms with Gasteiger partial charge in [0.15, 0.2) is 6.61 Å². The van der Waals surface area contributed by atoms with Gasteiger partial charge in [-0.25, -0.2) is 9.97 Å². The van der Waals surface area contributed by atoms with Crippen molar-refractivity contribution in [2.24, 2.45) is 0 Å². The van der Waals surface area contributed by atoms with Gasteiger partial charge in [0.05, 0.1) is 5.69 Å². The molecule has 1 aromatic carbocycles. The third-order valence-corrected chi connectivity index (χ3v) is 4.50. The highest BCUT2D eigenvalue weighted by Crippen LogP contribution is 2.15. The van der Waals surface area contributed by atoms with Gasteiger partial charge in [0.1, 0.15) is 12.4 Å². The van der Waals surface area contributed by atoms with Crippen LogP contribution in [-0.4, -0.2) is 50.7 Å². The van der Waals surface area contributed by atoms with E-state index in [2.05, 4.69) is 25.7 Å². The molecule has 33 heavy (non-hydrogen) atoms. The SMILES string of the molecule is Cc1cc(C)cc(C(=O)NCC(=O)OCC(=O)Nc2cc(C)nn2-c2nc(C)cc(C)n2)c1. The molecule has 0 aliphatic carbocycles. The fraction of sp³-hybridized carbons (Fsp3) is 0.304. The molecule has 0 aliphatic heterocycles. The van der Waals surface area contributed by atoms with Crippen LogP contribution in [0.1, 0.15) is 38.6 Å². The number of aryl methyl sites for hydroxylation is 5. The van der Waals surface area contributed by atoms with Crippen LogP contribution in [0.2, 0.25) is 0 Å². The van der Waals surface area contributed by atoms with Crippen LogP contribution in [0.5, 0.6) is 0 Å². The van der Waals surface area contributed by atoms with Crippen molar-refractivity contribution in [2.45, 2.75) is 34.6 Å². The molecule has 10 nitrogen and oxygen atoms in total. The summed E-state index contributed by atoms with van der Waals surface area (Å²) in [6, 6.07) is 8.89. The highest BCUT2D eigenvalue weighted by atomic mass is 16.5. The first-order valence-corrected chi connectivity index (χ1v) is 10.3. The minimum Gasteiger partial charge on any atom is -0.454 e. The molecule has 0 saturated carbocycles. The molecule has 3 aromatic rings. The zero-order valence-corrected chi connectivity index (χ0v) is 19.2. The number of benzene rings is 1. The highest BCUT2D eigenvalue weighted by Gasteiger charge is 2.16. The maximum absolute atomic E-state index is 12.3. The normalized spacial score (nSPS) is 10.6. The number of amides is 2. The molecule has 0 fully saturated rings. The van der Waals surface area contributed by atoms with Gasteiger partial charge in [-0.15, -0.1) is 0 Å². The molecule has 2 N–H and O–H groups in total. The molecule has 0 atom stereocenters. The van der Waals surface area contributed by atoms with E-state index in [1.165, 1.54) is 4.68 Å². The summed E-state index contributed by atoms with van der Waals surface area (Å²) in [7, 11) is 0. The third-order valence-electron chi connectivity index (χ3n) is 4.50. The van der Waals surface area contributed by atoms with Gasteiger partial charge in [0.2, 0.25) is 0 Å². The quantitative estimate of drug-likeness (QED) is 0.528. The van der Waals surface area contributed by atoms with E-state index in [1.54, 1.807) is 25.1 Å². The van der Waals surface area contributed by atoms with Gasteiger partial charge in [-0.2, -0.15) is 9.78 Å². The van der Waals surface area contributed by atoms with Crippen LogP contribution in [0.3, 0.4) is 0 Å². The number of nitrogens with one attached hydrogen (secondary N) is 2. The number of carbonyl (C=O) groups excluding carboxylic acids is 3. The molecule has 0 unspecified atom stereocenters. The number of ether oxygens (including phenoxy) is 1. The van der Waals surface area contributed by atoms with E-state index >= 15 is 0 Å². The lowest BCUT2D eigenvalue weighted by Gasteiger charge is -2.10. The van der Waals surface area contributed by atoms with E-state index in [4.69, 9.17) is 4.74 Å². The second kappa shape index (κ2) is 10.0. The number of nitrogens with zero attached hydrogens (tertiary/aromatic N) is 4. The van der Waals surface area contributed by atoms with Gasteiger partial charge < -0.3 is 15.4 Å². The Morgan fingerprint density at radius 1 is 0.879 bits per heavy atom. The Balaban J connectivity index is 1.54. The topological polar surface area (TPSA) is 128 Å². The van der Waals surface area contributed by atoms with Crippen LogP contribution in [0.15, 0.2) is 30.3 Å². The van der Waals surface area contributed by atoms with Crippen molar-refractivity contribution in [3.8, 4) is 5.95 Å². The van der Waals surface area contributed by atoms with Crippen LogP contribution >= 0.6 is 0 Å². The summed E-state index contributed by atoms with van der Waals surface area (Å²) in [5, 5.41) is 9.46. The molecular formula is C23H26N6O4. The van der Waals surface area contributed by atoms with Crippen molar-refractivity contribution >= 4 is 23.6 Å². The van der Waals surface area contributed by atoms with E-state index < -0.39 is 24.4 Å². The first-order chi connectivity index (χ1) is 15.6. The van der Waals surface area contributed by atoms with Gasteiger partial charge in [-0.05, 0) is 52.8 Å². The Hall–Kier alpha value is -4.08. The average Bonchev–Trinajstić information content (AvgIpc) is 3.09. The molecule has 2 aromatic heterocycles. The monoisotopic (exact) mass is 450 g/mol. The molecule has 0 spiro atoms. The molecule has 10 heteroatoms. The predicted molar refractivity (Wildman–Crippen MR) is 121 cm³/mol. The number of carbonyl (C=O) groups is 3. The van der Waals surface area contributed by atoms with Gasteiger partial charge in [0, 0.05) is 23.0 Å². The summed E-state index contributed by atoms with van der Waals surface area (Å²) in [6.07, 6.45) is 0. The number of rotatable bonds is 7. The Labute approximate surface area is 191 Å². The van der Waals surface area contributed by atoms with E-state index in [0.717, 1.165) is 22.5 Å². The number of aromatic nitrogens is 4. The molecule has 0 aliphatic rings. The maximum Gasteiger partial charge on any atom is 0.325 e. The van der Waals surface area contributed by atoms with Crippen LogP contribution in [0.25, 0.3) is 5.95 Å². The summed E-state index contributed by atoms with van der Waals surface area (Å²) in [5.41, 5.74) is 4.52. The second-order valence-electron chi connectivity index (χ2n) is 7.80. The van der Waals surface area contributed by atoms with Crippen LogP contribution in [0, 0.1) is 34.6 Å². The van der Waals surface area contributed by atoms with Crippen molar-refractivity contribution < 1.29 is 19.1 Å². The Morgan fingerprint density at radius 3 is 2.15 bits per heavy atom. The fourth-order valence-electron chi connectivity index (χ4n) is 3.28. The third kappa shape index (κ3) is 6.45. The number of hydrogen-bond acceptors (Lipinski definition) is 7. The highest BCUT2D eigenvalue weighted by molar-refractivity contribution is 5.96. The molecule has 2 heterocycles. The van der Waals surface area contributed by atoms with Crippen molar-refractivity contribution in [3.05, 3.63) is 64.1 Å². The first kappa shape index (κ1) is 23.6. The number of hydrogen-bond donors (Lipinski definition) is 2. The van der Waals surface area contributed by atoms with Crippen LogP contribution in [-0.2, 0) is 14.3 Å². The molecule has 3 rings (SSSR count). The van der Waals surface area contributed by atoms with Crippen LogP contribution < -0.4 is 10.6 Å². The summed E-state index contributed by atoms with van der Waals surface area (Å²) < 4.78 is 6.39. The van der Waals surface area contributed by atoms with E-state index in [0.29, 0.717) is 23.0 Å². The number of anilines is 1. The van der Waals surface area contributed by atoms with Crippen molar-refractivity contribution in [1.29, 1.82) is 0 Å². The van der Waals surface area contributed by atoms with Crippen molar-refractivity contribution in [1.82, 2.24) is 25.1 Å². The first-order valence-electron chi connectivity index (χ1n) is 10.3. The van der Waals surface area contributed by atoms with Gasteiger partial charge in [0.25, 0.3) is 17.8 Å². The lowest BCUT2D eigenvalue weighted by Crippen LogP contribution is -2.32. The second-order valence-corrected chi connectivity index (χ2v) is 7.80. The van der Waals surface area contributed by atoms with E-state index in [-0.39, 0.29) is 6.54 Å². The molecule has 2 amide bonds. The van der Waals surface area contributed by atoms with E-state index in [9.17, 15) is 14.4 Å². The summed E-state index contributed by atoms with van der Waals surface area (Å²) >= 11 is 0. The largest absolute Gasteiger partial charge is 0.454 e. The van der Waals surface area contributed by atoms with Crippen molar-refractivity contribution in [2.75, 3.05) is 18.5 Å². The van der Waals surface area contributed by atoms with E-state index in [1.807, 2.05) is 39.8 Å². The Bertz CT molecular complexity index is 1180. The summed E-state index contributed by atoms with van der Waals surface area (Å²) in [4.78, 5) is 45.2. The molecule has 0 saturated heterocycles. The maximum atomic E-state index is 12.3. The van der Waals surface area contributed by atoms with Crippen LogP contribution in [0.4, 0.5) is 5.82 Å². The van der Waals surface area contributed by atoms with Gasteiger partial charge in [-0.1, -0.05) is 17.2 Å². The predicted octanol–water partition coefficient (Wildman–Crippen LogP) is 2.12. The molecule has 0 radical (unpaired) electrons. The van der Waals surface area contributed by atoms with Gasteiger partial charge >= 0.3 is 5.97 Å². The minimum atomic E-state index is -0.731. The smallest absolute Gasteiger partial charge is 0.325 e. The molecule has 0 bridgehead atoms. The fourth-order valence-corrected chi connectivity index (χ4v) is 3.28. The average molecular weight is 450 g/mol. The zero-order valence-electron chi connectivity index (χ0n) is 19.2. The molecule has 172 valence electrons. The lowest BCUT2D eigenvalue weighted by atomic mass is 10.1. The Morgan fingerprint density at radius 2 is 1.52 bits per heavy atom. The minimum absolute atomic E-state index is 0.321. The summed E-state index contributed by atoms with van der Waals surface area (Å²) in [6.45, 7) is 8.35. The van der Waals surface area contributed by atoms with Gasteiger partial charge in [-0.3, -0.25) is 14.4 Å².